The van der Waals surface area contributed by atoms with Crippen LogP contribution in [0.5, 0.6) is 5.75 Å². The van der Waals surface area contributed by atoms with E-state index in [1.165, 1.54) is 0 Å². The van der Waals surface area contributed by atoms with Gasteiger partial charge in [0.2, 0.25) is 0 Å². The zero-order valence-electron chi connectivity index (χ0n) is 11.0. The first-order valence-corrected chi connectivity index (χ1v) is 6.49. The van der Waals surface area contributed by atoms with Crippen molar-refractivity contribution < 1.29 is 27.8 Å². The number of carboxylic acids is 1. The van der Waals surface area contributed by atoms with Crippen LogP contribution in [-0.4, -0.2) is 23.2 Å². The number of anilines is 1. The molecule has 116 valence electrons. The Bertz CT molecular complexity index is 784. The van der Waals surface area contributed by atoms with Crippen molar-refractivity contribution in [1.29, 1.82) is 0 Å². The number of carboxylic acid groups (broad SMARTS) is 1. The van der Waals surface area contributed by atoms with Crippen LogP contribution in [0.1, 0.15) is 10.5 Å². The number of nitrogens with zero attached hydrogens (tertiary/aromatic N) is 1. The first-order valence-electron chi connectivity index (χ1n) is 5.69. The van der Waals surface area contributed by atoms with Crippen LogP contribution in [0.25, 0.3) is 11.3 Å². The molecule has 0 aliphatic heterocycles. The average molecular weight is 377 g/mol. The van der Waals surface area contributed by atoms with E-state index in [0.29, 0.717) is 0 Å². The Morgan fingerprint density at radius 3 is 2.45 bits per heavy atom. The molecule has 0 saturated heterocycles. The maximum Gasteiger partial charge on any atom is 0.358 e. The lowest BCUT2D eigenvalue weighted by Gasteiger charge is -2.13. The average Bonchev–Trinajstić information content (AvgIpc) is 2.48. The van der Waals surface area contributed by atoms with Gasteiger partial charge in [0.05, 0.1) is 11.6 Å². The van der Waals surface area contributed by atoms with Crippen LogP contribution in [-0.2, 0) is 0 Å². The fraction of sp³-hybridized carbons (Fsp3) is 0.0769. The van der Waals surface area contributed by atoms with Gasteiger partial charge in [0.1, 0.15) is 11.4 Å². The van der Waals surface area contributed by atoms with E-state index in [1.54, 1.807) is 0 Å². The summed E-state index contributed by atoms with van der Waals surface area (Å²) in [5.41, 5.74) is 2.81. The Kier molecular flexibility index (Phi) is 4.27. The molecule has 1 heterocycles. The molecule has 9 heteroatoms. The molecule has 2 aromatic rings. The molecule has 0 spiro atoms. The Hall–Kier alpha value is -2.29. The number of halogens is 4. The Balaban J connectivity index is 2.82. The number of hydrogen-bond acceptors (Lipinski definition) is 4. The lowest BCUT2D eigenvalue weighted by Crippen LogP contribution is -2.11. The van der Waals surface area contributed by atoms with Crippen LogP contribution in [0.3, 0.4) is 0 Å². The molecule has 0 amide bonds. The normalized spacial score (nSPS) is 10.6. The molecule has 0 aliphatic carbocycles. The van der Waals surface area contributed by atoms with E-state index in [-0.39, 0.29) is 4.47 Å². The fourth-order valence-electron chi connectivity index (χ4n) is 1.81. The molecule has 5 nitrogen and oxygen atoms in total. The minimum atomic E-state index is -1.55. The van der Waals surface area contributed by atoms with Crippen molar-refractivity contribution in [3.63, 3.8) is 0 Å². The smallest absolute Gasteiger partial charge is 0.358 e. The van der Waals surface area contributed by atoms with Gasteiger partial charge in [-0.15, -0.1) is 0 Å². The van der Waals surface area contributed by atoms with E-state index in [4.69, 9.17) is 15.6 Å². The molecule has 22 heavy (non-hydrogen) atoms. The van der Waals surface area contributed by atoms with Gasteiger partial charge in [-0.05, 0) is 28.1 Å². The van der Waals surface area contributed by atoms with Gasteiger partial charge in [0.15, 0.2) is 28.9 Å². The number of pyridine rings is 1. The van der Waals surface area contributed by atoms with E-state index >= 15 is 0 Å². The summed E-state index contributed by atoms with van der Waals surface area (Å²) in [5, 5.41) is 9.06. The van der Waals surface area contributed by atoms with Crippen LogP contribution >= 0.6 is 15.9 Å². The highest BCUT2D eigenvalue weighted by Crippen LogP contribution is 2.36. The SMILES string of the molecule is COc1c(C(=O)O)nc(-c2ccc(Br)c(F)c2F)c(F)c1N. The summed E-state index contributed by atoms with van der Waals surface area (Å²) < 4.78 is 46.3. The molecule has 0 atom stereocenters. The summed E-state index contributed by atoms with van der Waals surface area (Å²) in [6.45, 7) is 0. The maximum atomic E-state index is 14.2. The number of rotatable bonds is 3. The summed E-state index contributed by atoms with van der Waals surface area (Å²) >= 11 is 2.78. The number of methoxy groups -OCH3 is 1. The van der Waals surface area contributed by atoms with E-state index in [0.717, 1.165) is 19.2 Å². The van der Waals surface area contributed by atoms with Crippen LogP contribution in [0, 0.1) is 17.5 Å². The van der Waals surface area contributed by atoms with Crippen LogP contribution in [0.15, 0.2) is 16.6 Å². The summed E-state index contributed by atoms with van der Waals surface area (Å²) in [4.78, 5) is 14.6. The van der Waals surface area contributed by atoms with Crippen LogP contribution in [0.4, 0.5) is 18.9 Å². The van der Waals surface area contributed by atoms with E-state index in [2.05, 4.69) is 20.9 Å². The van der Waals surface area contributed by atoms with E-state index < -0.39 is 51.8 Å². The van der Waals surface area contributed by atoms with Crippen molar-refractivity contribution in [2.24, 2.45) is 0 Å². The van der Waals surface area contributed by atoms with Gasteiger partial charge in [-0.3, -0.25) is 0 Å². The van der Waals surface area contributed by atoms with Gasteiger partial charge < -0.3 is 15.6 Å². The second kappa shape index (κ2) is 5.84. The van der Waals surface area contributed by atoms with Crippen molar-refractivity contribution in [2.75, 3.05) is 12.8 Å². The molecule has 3 N–H and O–H groups in total. The van der Waals surface area contributed by atoms with Gasteiger partial charge >= 0.3 is 5.97 Å². The number of nitrogen functional groups attached to an aromatic ring is 1. The topological polar surface area (TPSA) is 85.4 Å². The zero-order valence-corrected chi connectivity index (χ0v) is 12.5. The number of nitrogens with two attached hydrogens (primary N) is 1. The zero-order chi connectivity index (χ0) is 16.6. The minimum absolute atomic E-state index is 0.172. The van der Waals surface area contributed by atoms with E-state index in [1.807, 2.05) is 0 Å². The predicted octanol–water partition coefficient (Wildman–Crippen LogP) is 3.22. The molecular weight excluding hydrogens is 369 g/mol. The van der Waals surface area contributed by atoms with Gasteiger partial charge in [-0.1, -0.05) is 0 Å². The molecule has 0 saturated carbocycles. The molecule has 0 unspecified atom stereocenters. The van der Waals surface area contributed by atoms with Crippen molar-refractivity contribution >= 4 is 27.6 Å². The standard InChI is InChI=1S/C13H8BrF3N2O3/c1-22-12-9(18)8(17)10(19-11(12)13(20)21)4-2-3-5(14)7(16)6(4)15/h2-3H,1H3,(H2,18,19)(H,20,21). The summed E-state index contributed by atoms with van der Waals surface area (Å²) in [7, 11) is 1.08. The van der Waals surface area contributed by atoms with Crippen molar-refractivity contribution in [2.45, 2.75) is 0 Å². The Morgan fingerprint density at radius 2 is 1.91 bits per heavy atom. The number of hydrogen-bond donors (Lipinski definition) is 2. The number of ether oxygens (including phenoxy) is 1. The van der Waals surface area contributed by atoms with Crippen LogP contribution < -0.4 is 10.5 Å². The molecule has 1 aromatic carbocycles. The number of aromatic carboxylic acids is 1. The second-order valence-corrected chi connectivity index (χ2v) is 4.95. The monoisotopic (exact) mass is 376 g/mol. The molecule has 0 aliphatic rings. The van der Waals surface area contributed by atoms with Crippen molar-refractivity contribution in [3.8, 4) is 17.0 Å². The van der Waals surface area contributed by atoms with Crippen molar-refractivity contribution in [1.82, 2.24) is 4.98 Å². The highest BCUT2D eigenvalue weighted by Gasteiger charge is 2.26. The summed E-state index contributed by atoms with van der Waals surface area (Å²) in [5.74, 6) is -5.90. The predicted molar refractivity (Wildman–Crippen MR) is 75.2 cm³/mol. The lowest BCUT2D eigenvalue weighted by atomic mass is 10.1. The Labute approximate surface area is 130 Å². The van der Waals surface area contributed by atoms with Gasteiger partial charge in [-0.25, -0.2) is 22.9 Å². The first-order chi connectivity index (χ1) is 10.3. The third kappa shape index (κ3) is 2.47. The van der Waals surface area contributed by atoms with Gasteiger partial charge in [-0.2, -0.15) is 0 Å². The third-order valence-electron chi connectivity index (χ3n) is 2.82. The molecule has 0 fully saturated rings. The van der Waals surface area contributed by atoms with Gasteiger partial charge in [0.25, 0.3) is 0 Å². The third-order valence-corrected chi connectivity index (χ3v) is 3.44. The lowest BCUT2D eigenvalue weighted by molar-refractivity contribution is 0.0686. The quantitative estimate of drug-likeness (QED) is 0.803. The number of benzene rings is 1. The molecule has 0 bridgehead atoms. The van der Waals surface area contributed by atoms with Crippen molar-refractivity contribution in [3.05, 3.63) is 39.8 Å². The molecule has 2 rings (SSSR count). The van der Waals surface area contributed by atoms with E-state index in [9.17, 15) is 18.0 Å². The highest BCUT2D eigenvalue weighted by molar-refractivity contribution is 9.10. The first kappa shape index (κ1) is 16.1. The molecular formula is C13H8BrF3N2O3. The largest absolute Gasteiger partial charge is 0.492 e. The summed E-state index contributed by atoms with van der Waals surface area (Å²) in [6, 6.07) is 2.18. The van der Waals surface area contributed by atoms with Crippen LogP contribution in [0.2, 0.25) is 0 Å². The molecule has 0 radical (unpaired) electrons. The minimum Gasteiger partial charge on any atom is -0.492 e. The Morgan fingerprint density at radius 1 is 1.27 bits per heavy atom. The fourth-order valence-corrected chi connectivity index (χ4v) is 2.11. The summed E-state index contributed by atoms with van der Waals surface area (Å²) in [6.07, 6.45) is 0. The number of aromatic nitrogens is 1. The van der Waals surface area contributed by atoms with Gasteiger partial charge in [0, 0.05) is 5.56 Å². The highest BCUT2D eigenvalue weighted by atomic mass is 79.9. The molecule has 1 aromatic heterocycles. The second-order valence-electron chi connectivity index (χ2n) is 4.10. The maximum absolute atomic E-state index is 14.2. The number of carbonyl (C=O) groups is 1.